The first kappa shape index (κ1) is 15.9. The van der Waals surface area contributed by atoms with Crippen molar-refractivity contribution in [2.45, 2.75) is 40.2 Å². The van der Waals surface area contributed by atoms with Gasteiger partial charge in [0.15, 0.2) is 0 Å². The summed E-state index contributed by atoms with van der Waals surface area (Å²) in [5.41, 5.74) is 10.3. The molecule has 2 nitrogen and oxygen atoms in total. The van der Waals surface area contributed by atoms with Crippen LogP contribution < -0.4 is 10.5 Å². The molecule has 0 fully saturated rings. The highest BCUT2D eigenvalue weighted by molar-refractivity contribution is 6.32. The van der Waals surface area contributed by atoms with E-state index in [0.717, 1.165) is 39.6 Å². The molecule has 0 radical (unpaired) electrons. The van der Waals surface area contributed by atoms with Gasteiger partial charge < -0.3 is 10.5 Å². The van der Waals surface area contributed by atoms with Crippen molar-refractivity contribution >= 4 is 11.6 Å². The molecule has 0 spiro atoms. The number of hydrogen-bond donors (Lipinski definition) is 1. The molecule has 1 atom stereocenters. The van der Waals surface area contributed by atoms with Crippen LogP contribution >= 0.6 is 11.6 Å². The lowest BCUT2D eigenvalue weighted by atomic mass is 10.0. The van der Waals surface area contributed by atoms with Crippen molar-refractivity contribution < 1.29 is 4.74 Å². The molecule has 2 aromatic carbocycles. The molecule has 2 aromatic rings. The van der Waals surface area contributed by atoms with Crippen LogP contribution in [-0.4, -0.2) is 6.04 Å². The minimum absolute atomic E-state index is 0.0999. The number of aryl methyl sites for hydroxylation is 3. The van der Waals surface area contributed by atoms with Gasteiger partial charge in [0, 0.05) is 11.1 Å². The zero-order valence-corrected chi connectivity index (χ0v) is 13.8. The van der Waals surface area contributed by atoms with Gasteiger partial charge in [0.05, 0.1) is 0 Å². The molecule has 2 N–H and O–H groups in total. The zero-order valence-electron chi connectivity index (χ0n) is 13.0. The van der Waals surface area contributed by atoms with Gasteiger partial charge in [-0.1, -0.05) is 29.3 Å². The summed E-state index contributed by atoms with van der Waals surface area (Å²) in [5, 5.41) is 0.794. The summed E-state index contributed by atoms with van der Waals surface area (Å²) in [6.07, 6.45) is 0.794. The van der Waals surface area contributed by atoms with Gasteiger partial charge >= 0.3 is 0 Å². The van der Waals surface area contributed by atoms with Crippen LogP contribution in [0.4, 0.5) is 0 Å². The maximum Gasteiger partial charge on any atom is 0.130 e. The van der Waals surface area contributed by atoms with Gasteiger partial charge in [-0.15, -0.1) is 0 Å². The Morgan fingerprint density at radius 2 is 1.71 bits per heavy atom. The predicted octanol–water partition coefficient (Wildman–Crippen LogP) is 4.95. The van der Waals surface area contributed by atoms with Crippen LogP contribution in [0.2, 0.25) is 5.02 Å². The fourth-order valence-electron chi connectivity index (χ4n) is 2.41. The Hall–Kier alpha value is -1.51. The second-order valence-electron chi connectivity index (χ2n) is 5.77. The molecule has 0 saturated heterocycles. The average molecular weight is 304 g/mol. The van der Waals surface area contributed by atoms with Crippen molar-refractivity contribution in [3.63, 3.8) is 0 Å². The predicted molar refractivity (Wildman–Crippen MR) is 89.5 cm³/mol. The minimum atomic E-state index is 0.0999. The summed E-state index contributed by atoms with van der Waals surface area (Å²) >= 11 is 6.20. The van der Waals surface area contributed by atoms with Gasteiger partial charge in [-0.05, 0) is 69.0 Å². The van der Waals surface area contributed by atoms with Crippen molar-refractivity contribution in [3.05, 3.63) is 57.6 Å². The first-order chi connectivity index (χ1) is 9.86. The van der Waals surface area contributed by atoms with E-state index in [1.54, 1.807) is 0 Å². The van der Waals surface area contributed by atoms with Crippen LogP contribution in [0.25, 0.3) is 0 Å². The molecule has 0 aliphatic rings. The van der Waals surface area contributed by atoms with Crippen molar-refractivity contribution in [2.24, 2.45) is 5.73 Å². The summed E-state index contributed by atoms with van der Waals surface area (Å²) in [5.74, 6) is 1.67. The topological polar surface area (TPSA) is 35.2 Å². The molecular formula is C18H22ClNO. The van der Waals surface area contributed by atoms with Gasteiger partial charge in [-0.3, -0.25) is 0 Å². The van der Waals surface area contributed by atoms with Crippen LogP contribution in [0.15, 0.2) is 30.3 Å². The lowest BCUT2D eigenvalue weighted by Gasteiger charge is -2.15. The van der Waals surface area contributed by atoms with E-state index in [2.05, 4.69) is 19.1 Å². The maximum absolute atomic E-state index is 6.20. The second kappa shape index (κ2) is 6.50. The summed E-state index contributed by atoms with van der Waals surface area (Å²) < 4.78 is 6.07. The highest BCUT2D eigenvalue weighted by atomic mass is 35.5. The Bertz CT molecular complexity index is 627. The van der Waals surface area contributed by atoms with Crippen molar-refractivity contribution in [1.82, 2.24) is 0 Å². The van der Waals surface area contributed by atoms with Crippen LogP contribution in [0.3, 0.4) is 0 Å². The number of benzene rings is 2. The summed E-state index contributed by atoms with van der Waals surface area (Å²) in [7, 11) is 0. The van der Waals surface area contributed by atoms with E-state index in [-0.39, 0.29) is 6.04 Å². The molecule has 21 heavy (non-hydrogen) atoms. The van der Waals surface area contributed by atoms with E-state index >= 15 is 0 Å². The Morgan fingerprint density at radius 3 is 2.29 bits per heavy atom. The molecule has 0 heterocycles. The Kier molecular flexibility index (Phi) is 4.92. The van der Waals surface area contributed by atoms with Gasteiger partial charge in [0.25, 0.3) is 0 Å². The van der Waals surface area contributed by atoms with Gasteiger partial charge in [0.2, 0.25) is 0 Å². The monoisotopic (exact) mass is 303 g/mol. The first-order valence-corrected chi connectivity index (χ1v) is 7.54. The third-order valence-electron chi connectivity index (χ3n) is 3.40. The van der Waals surface area contributed by atoms with E-state index in [4.69, 9.17) is 22.1 Å². The molecule has 1 unspecified atom stereocenters. The highest BCUT2D eigenvalue weighted by Gasteiger charge is 2.10. The fraction of sp³-hybridized carbons (Fsp3) is 0.333. The molecule has 0 saturated carbocycles. The molecule has 2 rings (SSSR count). The van der Waals surface area contributed by atoms with Crippen LogP contribution in [0.1, 0.15) is 29.2 Å². The van der Waals surface area contributed by atoms with Crippen molar-refractivity contribution in [2.75, 3.05) is 0 Å². The zero-order chi connectivity index (χ0) is 15.6. The average Bonchev–Trinajstić information content (AvgIpc) is 2.38. The highest BCUT2D eigenvalue weighted by Crippen LogP contribution is 2.31. The van der Waals surface area contributed by atoms with Crippen molar-refractivity contribution in [1.29, 1.82) is 0 Å². The SMILES string of the molecule is Cc1ccc(Oc2cc(C)c(Cl)c(C)c2)c(CC(C)N)c1. The third-order valence-corrected chi connectivity index (χ3v) is 3.99. The van der Waals surface area contributed by atoms with Crippen LogP contribution in [0, 0.1) is 20.8 Å². The normalized spacial score (nSPS) is 12.3. The van der Waals surface area contributed by atoms with Crippen LogP contribution in [0.5, 0.6) is 11.5 Å². The summed E-state index contributed by atoms with van der Waals surface area (Å²) in [6, 6.07) is 10.2. The second-order valence-corrected chi connectivity index (χ2v) is 6.14. The molecular weight excluding hydrogens is 282 g/mol. The smallest absolute Gasteiger partial charge is 0.130 e. The van der Waals surface area contributed by atoms with Gasteiger partial charge in [-0.2, -0.15) is 0 Å². The quantitative estimate of drug-likeness (QED) is 0.867. The van der Waals surface area contributed by atoms with Crippen molar-refractivity contribution in [3.8, 4) is 11.5 Å². The molecule has 0 aliphatic heterocycles. The fourth-order valence-corrected chi connectivity index (χ4v) is 2.52. The summed E-state index contributed by atoms with van der Waals surface area (Å²) in [4.78, 5) is 0. The van der Waals surface area contributed by atoms with E-state index in [0.29, 0.717) is 0 Å². The number of hydrogen-bond acceptors (Lipinski definition) is 2. The first-order valence-electron chi connectivity index (χ1n) is 7.16. The molecule has 0 amide bonds. The third kappa shape index (κ3) is 3.99. The van der Waals surface area contributed by atoms with E-state index in [1.165, 1.54) is 5.56 Å². The molecule has 0 aromatic heterocycles. The summed E-state index contributed by atoms with van der Waals surface area (Å²) in [6.45, 7) is 8.05. The number of ether oxygens (including phenoxy) is 1. The number of nitrogens with two attached hydrogens (primary N) is 1. The molecule has 0 bridgehead atoms. The van der Waals surface area contributed by atoms with E-state index in [9.17, 15) is 0 Å². The van der Waals surface area contributed by atoms with Crippen LogP contribution in [-0.2, 0) is 6.42 Å². The number of rotatable bonds is 4. The van der Waals surface area contributed by atoms with Gasteiger partial charge in [-0.25, -0.2) is 0 Å². The minimum Gasteiger partial charge on any atom is -0.457 e. The lowest BCUT2D eigenvalue weighted by Crippen LogP contribution is -2.18. The van der Waals surface area contributed by atoms with E-state index in [1.807, 2.05) is 39.0 Å². The van der Waals surface area contributed by atoms with E-state index < -0.39 is 0 Å². The molecule has 0 aliphatic carbocycles. The largest absolute Gasteiger partial charge is 0.457 e. The number of halogens is 1. The lowest BCUT2D eigenvalue weighted by molar-refractivity contribution is 0.473. The Balaban J connectivity index is 2.35. The van der Waals surface area contributed by atoms with Gasteiger partial charge in [0.1, 0.15) is 11.5 Å². The maximum atomic E-state index is 6.20. The molecule has 112 valence electrons. The Morgan fingerprint density at radius 1 is 1.10 bits per heavy atom. The standard InChI is InChI=1S/C18H22ClNO/c1-11-5-6-17(15(7-11)10-14(4)20)21-16-8-12(2)18(19)13(3)9-16/h5-9,14H,10,20H2,1-4H3. The molecule has 3 heteroatoms. The Labute approximate surface area is 131 Å².